The van der Waals surface area contributed by atoms with E-state index in [9.17, 15) is 0 Å². The first-order valence-electron chi connectivity index (χ1n) is 5.89. The van der Waals surface area contributed by atoms with Crippen LogP contribution in [-0.4, -0.2) is 23.1 Å². The summed E-state index contributed by atoms with van der Waals surface area (Å²) in [5.41, 5.74) is 1.74. The van der Waals surface area contributed by atoms with Crippen LogP contribution in [0.1, 0.15) is 17.2 Å². The highest BCUT2D eigenvalue weighted by Crippen LogP contribution is 2.29. The van der Waals surface area contributed by atoms with E-state index in [0.29, 0.717) is 11.6 Å². The maximum absolute atomic E-state index is 8.83. The quantitative estimate of drug-likeness (QED) is 0.799. The largest absolute Gasteiger partial charge is 0.355 e. The van der Waals surface area contributed by atoms with Crippen LogP contribution in [0.2, 0.25) is 0 Å². The van der Waals surface area contributed by atoms with Crippen molar-refractivity contribution in [1.29, 1.82) is 5.26 Å². The fraction of sp³-hybridized carbons (Fsp3) is 0.214. The summed E-state index contributed by atoms with van der Waals surface area (Å²) in [5, 5.41) is 8.83. The second-order valence-electron chi connectivity index (χ2n) is 4.38. The van der Waals surface area contributed by atoms with Gasteiger partial charge in [-0.05, 0) is 23.8 Å². The number of rotatable bonds is 2. The minimum Gasteiger partial charge on any atom is -0.355 e. The molecule has 1 aliphatic rings. The van der Waals surface area contributed by atoms with Gasteiger partial charge in [-0.3, -0.25) is 4.98 Å². The van der Waals surface area contributed by atoms with Crippen molar-refractivity contribution < 1.29 is 0 Å². The van der Waals surface area contributed by atoms with Crippen LogP contribution in [0.15, 0.2) is 42.7 Å². The van der Waals surface area contributed by atoms with Gasteiger partial charge in [0.25, 0.3) is 0 Å². The Morgan fingerprint density at radius 2 is 2.11 bits per heavy atom. The Bertz CT molecular complexity index is 582. The van der Waals surface area contributed by atoms with Crippen LogP contribution >= 0.6 is 0 Å². The highest BCUT2D eigenvalue weighted by atomic mass is 15.2. The van der Waals surface area contributed by atoms with Crippen molar-refractivity contribution in [3.05, 3.63) is 54.0 Å². The first kappa shape index (κ1) is 10.7. The molecule has 1 saturated heterocycles. The Kier molecular flexibility index (Phi) is 2.66. The molecule has 0 radical (unpaired) electrons. The third-order valence-electron chi connectivity index (χ3n) is 3.21. The molecule has 0 atom stereocenters. The zero-order valence-corrected chi connectivity index (χ0v) is 9.82. The molecule has 0 N–H and O–H groups in total. The molecule has 0 aliphatic carbocycles. The third kappa shape index (κ3) is 1.91. The Morgan fingerprint density at radius 1 is 1.22 bits per heavy atom. The fourth-order valence-electron chi connectivity index (χ4n) is 2.16. The Hall–Kier alpha value is -2.41. The molecular formula is C14H12N4. The minimum atomic E-state index is 0.470. The normalized spacial score (nSPS) is 14.9. The maximum Gasteiger partial charge on any atom is 0.142 e. The van der Waals surface area contributed by atoms with Gasteiger partial charge in [0.2, 0.25) is 0 Å². The van der Waals surface area contributed by atoms with Crippen molar-refractivity contribution in [2.24, 2.45) is 0 Å². The van der Waals surface area contributed by atoms with Gasteiger partial charge in [0.05, 0.1) is 0 Å². The predicted octanol–water partition coefficient (Wildman–Crippen LogP) is 1.95. The van der Waals surface area contributed by atoms with Gasteiger partial charge in [0, 0.05) is 31.4 Å². The molecule has 4 heteroatoms. The van der Waals surface area contributed by atoms with E-state index >= 15 is 0 Å². The van der Waals surface area contributed by atoms with Gasteiger partial charge in [0.15, 0.2) is 0 Å². The van der Waals surface area contributed by atoms with Crippen LogP contribution in [0.5, 0.6) is 0 Å². The lowest BCUT2D eigenvalue weighted by atomic mass is 9.93. The van der Waals surface area contributed by atoms with Crippen molar-refractivity contribution in [1.82, 2.24) is 9.97 Å². The molecule has 0 aromatic carbocycles. The summed E-state index contributed by atoms with van der Waals surface area (Å²) in [7, 11) is 0. The first-order valence-corrected chi connectivity index (χ1v) is 5.89. The standard InChI is InChI=1S/C14H12N4/c15-7-13-4-1-5-14(17-13)18-9-12(10-18)11-3-2-6-16-8-11/h1-6,8,12H,9-10H2. The van der Waals surface area contributed by atoms with E-state index in [1.54, 1.807) is 12.3 Å². The highest BCUT2D eigenvalue weighted by molar-refractivity contribution is 5.46. The first-order chi connectivity index (χ1) is 8.86. The molecule has 88 valence electrons. The van der Waals surface area contributed by atoms with Crippen LogP contribution in [0.25, 0.3) is 0 Å². The van der Waals surface area contributed by atoms with E-state index in [2.05, 4.69) is 27.0 Å². The predicted molar refractivity (Wildman–Crippen MR) is 68.1 cm³/mol. The van der Waals surface area contributed by atoms with Crippen molar-refractivity contribution in [3.8, 4) is 6.07 Å². The molecule has 2 aromatic heterocycles. The molecule has 0 saturated carbocycles. The van der Waals surface area contributed by atoms with Gasteiger partial charge < -0.3 is 4.90 Å². The maximum atomic E-state index is 8.83. The van der Waals surface area contributed by atoms with Crippen molar-refractivity contribution in [2.45, 2.75) is 5.92 Å². The number of aromatic nitrogens is 2. The number of nitriles is 1. The molecule has 3 heterocycles. The molecule has 18 heavy (non-hydrogen) atoms. The summed E-state index contributed by atoms with van der Waals surface area (Å²) in [6.45, 7) is 1.88. The van der Waals surface area contributed by atoms with E-state index in [-0.39, 0.29) is 0 Å². The second kappa shape index (κ2) is 4.46. The van der Waals surface area contributed by atoms with E-state index in [1.165, 1.54) is 5.56 Å². The molecule has 3 rings (SSSR count). The lowest BCUT2D eigenvalue weighted by Crippen LogP contribution is -2.45. The number of pyridine rings is 2. The fourth-order valence-corrected chi connectivity index (χ4v) is 2.16. The Labute approximate surface area is 106 Å². The van der Waals surface area contributed by atoms with Gasteiger partial charge in [-0.15, -0.1) is 0 Å². The third-order valence-corrected chi connectivity index (χ3v) is 3.21. The SMILES string of the molecule is N#Cc1cccc(N2CC(c3cccnc3)C2)n1. The molecule has 4 nitrogen and oxygen atoms in total. The Morgan fingerprint density at radius 3 is 2.83 bits per heavy atom. The summed E-state index contributed by atoms with van der Waals surface area (Å²) in [4.78, 5) is 10.6. The smallest absolute Gasteiger partial charge is 0.142 e. The zero-order valence-electron chi connectivity index (χ0n) is 9.82. The molecule has 0 unspecified atom stereocenters. The molecular weight excluding hydrogens is 224 g/mol. The van der Waals surface area contributed by atoms with Crippen LogP contribution < -0.4 is 4.90 Å². The van der Waals surface area contributed by atoms with Crippen LogP contribution in [0, 0.1) is 11.3 Å². The van der Waals surface area contributed by atoms with Crippen molar-refractivity contribution in [2.75, 3.05) is 18.0 Å². The summed E-state index contributed by atoms with van der Waals surface area (Å²) in [6.07, 6.45) is 3.71. The highest BCUT2D eigenvalue weighted by Gasteiger charge is 2.29. The summed E-state index contributed by atoms with van der Waals surface area (Å²) < 4.78 is 0. The molecule has 0 bridgehead atoms. The minimum absolute atomic E-state index is 0.470. The average Bonchev–Trinajstić information content (AvgIpc) is 2.39. The topological polar surface area (TPSA) is 52.8 Å². The summed E-state index contributed by atoms with van der Waals surface area (Å²) in [5.74, 6) is 1.40. The zero-order chi connectivity index (χ0) is 12.4. The number of hydrogen-bond acceptors (Lipinski definition) is 4. The van der Waals surface area contributed by atoms with Gasteiger partial charge in [-0.2, -0.15) is 5.26 Å². The molecule has 1 aliphatic heterocycles. The van der Waals surface area contributed by atoms with Gasteiger partial charge in [0.1, 0.15) is 17.6 Å². The molecule has 0 spiro atoms. The van der Waals surface area contributed by atoms with Crippen LogP contribution in [-0.2, 0) is 0 Å². The second-order valence-corrected chi connectivity index (χ2v) is 4.38. The van der Waals surface area contributed by atoms with E-state index in [0.717, 1.165) is 18.9 Å². The van der Waals surface area contributed by atoms with Gasteiger partial charge >= 0.3 is 0 Å². The van der Waals surface area contributed by atoms with Crippen LogP contribution in [0.4, 0.5) is 5.82 Å². The molecule has 1 fully saturated rings. The van der Waals surface area contributed by atoms with Gasteiger partial charge in [-0.25, -0.2) is 4.98 Å². The van der Waals surface area contributed by atoms with Crippen LogP contribution in [0.3, 0.4) is 0 Å². The summed E-state index contributed by atoms with van der Waals surface area (Å²) in [6, 6.07) is 11.7. The lowest BCUT2D eigenvalue weighted by Gasteiger charge is -2.40. The average molecular weight is 236 g/mol. The van der Waals surface area contributed by atoms with Crippen molar-refractivity contribution >= 4 is 5.82 Å². The van der Waals surface area contributed by atoms with E-state index in [1.807, 2.05) is 24.4 Å². The van der Waals surface area contributed by atoms with E-state index in [4.69, 9.17) is 5.26 Å². The van der Waals surface area contributed by atoms with Crippen molar-refractivity contribution in [3.63, 3.8) is 0 Å². The number of nitrogens with zero attached hydrogens (tertiary/aromatic N) is 4. The Balaban J connectivity index is 1.70. The number of anilines is 1. The monoisotopic (exact) mass is 236 g/mol. The van der Waals surface area contributed by atoms with E-state index < -0.39 is 0 Å². The number of hydrogen-bond donors (Lipinski definition) is 0. The molecule has 2 aromatic rings. The summed E-state index contributed by atoms with van der Waals surface area (Å²) >= 11 is 0. The van der Waals surface area contributed by atoms with Gasteiger partial charge in [-0.1, -0.05) is 12.1 Å². The lowest BCUT2D eigenvalue weighted by molar-refractivity contribution is 0.518. The molecule has 0 amide bonds.